The number of non-ortho nitro benzene ring substituents is 1. The minimum atomic E-state index is -0.727. The minimum Gasteiger partial charge on any atom is -0.459 e. The van der Waals surface area contributed by atoms with Crippen LogP contribution in [0, 0.1) is 26.1 Å². The second-order valence-electron chi connectivity index (χ2n) is 8.38. The van der Waals surface area contributed by atoms with E-state index in [-0.39, 0.29) is 30.6 Å². The Morgan fingerprint density at radius 1 is 0.919 bits per heavy atom. The molecule has 3 aromatic carbocycles. The monoisotopic (exact) mass is 504 g/mol. The fraction of sp³-hybridized carbons (Fsp3) is 0.259. The molecule has 3 rings (SSSR count). The van der Waals surface area contributed by atoms with E-state index in [4.69, 9.17) is 4.74 Å². The van der Waals surface area contributed by atoms with Gasteiger partial charge in [0.15, 0.2) is 0 Å². The molecule has 0 bridgehead atoms. The fourth-order valence-electron chi connectivity index (χ4n) is 3.69. The summed E-state index contributed by atoms with van der Waals surface area (Å²) in [5.41, 5.74) is 4.68. The topological polar surface area (TPSA) is 137 Å². The zero-order valence-electron chi connectivity index (χ0n) is 20.6. The Morgan fingerprint density at radius 2 is 1.57 bits per heavy atom. The van der Waals surface area contributed by atoms with Crippen LogP contribution in [0.4, 0.5) is 17.1 Å². The molecule has 0 atom stereocenters. The first kappa shape index (κ1) is 27.0. The molecule has 0 spiro atoms. The molecule has 10 heteroatoms. The number of benzene rings is 3. The van der Waals surface area contributed by atoms with Gasteiger partial charge in [0.25, 0.3) is 5.69 Å². The van der Waals surface area contributed by atoms with Gasteiger partial charge in [-0.2, -0.15) is 5.10 Å². The minimum absolute atomic E-state index is 0.0302. The summed E-state index contributed by atoms with van der Waals surface area (Å²) in [5, 5.41) is 26.8. The highest BCUT2D eigenvalue weighted by Crippen LogP contribution is 2.29. The van der Waals surface area contributed by atoms with E-state index in [2.05, 4.69) is 10.5 Å². The first-order chi connectivity index (χ1) is 17.8. The molecular formula is C27H28N4O6. The molecule has 1 N–H and O–H groups in total. The zero-order valence-corrected chi connectivity index (χ0v) is 20.6. The number of hydrazone groups is 1. The molecular weight excluding hydrogens is 476 g/mol. The summed E-state index contributed by atoms with van der Waals surface area (Å²) < 4.78 is 5.49. The second-order valence-corrected chi connectivity index (χ2v) is 8.38. The van der Waals surface area contributed by atoms with Gasteiger partial charge in [-0.3, -0.25) is 30.4 Å². The maximum absolute atomic E-state index is 12.4. The predicted octanol–water partition coefficient (Wildman–Crippen LogP) is 6.36. The Morgan fingerprint density at radius 3 is 2.16 bits per heavy atom. The number of nitrogens with one attached hydrogen (secondary N) is 1. The second kappa shape index (κ2) is 12.9. The van der Waals surface area contributed by atoms with Crippen LogP contribution in [-0.4, -0.2) is 28.1 Å². The molecule has 0 saturated carbocycles. The van der Waals surface area contributed by atoms with Gasteiger partial charge in [-0.1, -0.05) is 81.3 Å². The number of nitrogens with zero attached hydrogens (tertiary/aromatic N) is 3. The number of rotatable bonds is 12. The Bertz CT molecular complexity index is 1270. The van der Waals surface area contributed by atoms with Crippen LogP contribution in [0.2, 0.25) is 0 Å². The number of ether oxygens (including phenoxy) is 1. The molecule has 192 valence electrons. The van der Waals surface area contributed by atoms with E-state index in [1.807, 2.05) is 68.4 Å². The van der Waals surface area contributed by atoms with Gasteiger partial charge < -0.3 is 4.74 Å². The molecule has 0 aromatic heterocycles. The molecule has 3 aromatic rings. The van der Waals surface area contributed by atoms with E-state index in [1.54, 1.807) is 0 Å². The van der Waals surface area contributed by atoms with E-state index in [9.17, 15) is 25.0 Å². The molecule has 0 heterocycles. The van der Waals surface area contributed by atoms with Crippen LogP contribution in [0.5, 0.6) is 0 Å². The van der Waals surface area contributed by atoms with E-state index in [0.717, 1.165) is 36.1 Å². The predicted molar refractivity (Wildman–Crippen MR) is 141 cm³/mol. The third-order valence-electron chi connectivity index (χ3n) is 6.01. The van der Waals surface area contributed by atoms with Crippen molar-refractivity contribution < 1.29 is 19.4 Å². The SMILES string of the molecule is CCC(CC)CC(=O)OCC(=NNc1ccc([N+](=O)[O-])cc1[N+](=O)[O-])c1ccc(-c2ccccc2)cc1. The number of hydrogen-bond acceptors (Lipinski definition) is 8. The molecule has 0 unspecified atom stereocenters. The molecule has 0 aliphatic rings. The third kappa shape index (κ3) is 7.44. The van der Waals surface area contributed by atoms with E-state index in [0.29, 0.717) is 11.3 Å². The summed E-state index contributed by atoms with van der Waals surface area (Å²) in [5.74, 6) is -0.137. The highest BCUT2D eigenvalue weighted by atomic mass is 16.6. The summed E-state index contributed by atoms with van der Waals surface area (Å²) in [6.45, 7) is 3.88. The first-order valence-corrected chi connectivity index (χ1v) is 11.9. The van der Waals surface area contributed by atoms with Crippen molar-refractivity contribution in [3.8, 4) is 11.1 Å². The van der Waals surface area contributed by atoms with Crippen molar-refractivity contribution in [3.63, 3.8) is 0 Å². The lowest BCUT2D eigenvalue weighted by Gasteiger charge is -2.13. The maximum Gasteiger partial charge on any atom is 0.306 e. The molecule has 10 nitrogen and oxygen atoms in total. The number of nitro groups is 2. The van der Waals surface area contributed by atoms with Crippen molar-refractivity contribution in [2.75, 3.05) is 12.0 Å². The van der Waals surface area contributed by atoms with E-state index >= 15 is 0 Å². The van der Waals surface area contributed by atoms with Gasteiger partial charge in [-0.05, 0) is 23.1 Å². The highest BCUT2D eigenvalue weighted by Gasteiger charge is 2.20. The van der Waals surface area contributed by atoms with Gasteiger partial charge in [0, 0.05) is 18.1 Å². The van der Waals surface area contributed by atoms with Gasteiger partial charge in [0.1, 0.15) is 18.0 Å². The smallest absolute Gasteiger partial charge is 0.306 e. The Hall–Kier alpha value is -4.60. The third-order valence-corrected chi connectivity index (χ3v) is 6.01. The Kier molecular flexibility index (Phi) is 9.42. The molecule has 0 aliphatic carbocycles. The summed E-state index contributed by atoms with van der Waals surface area (Å²) >= 11 is 0. The summed E-state index contributed by atoms with van der Waals surface area (Å²) in [6, 6.07) is 20.5. The number of nitro benzene ring substituents is 2. The molecule has 0 radical (unpaired) electrons. The van der Waals surface area contributed by atoms with Crippen LogP contribution >= 0.6 is 0 Å². The molecule has 37 heavy (non-hydrogen) atoms. The van der Waals surface area contributed by atoms with Crippen LogP contribution in [0.15, 0.2) is 77.9 Å². The van der Waals surface area contributed by atoms with Crippen LogP contribution in [0.3, 0.4) is 0 Å². The molecule has 0 fully saturated rings. The van der Waals surface area contributed by atoms with Crippen molar-refractivity contribution in [2.24, 2.45) is 11.0 Å². The molecule has 0 saturated heterocycles. The average Bonchev–Trinajstić information content (AvgIpc) is 2.92. The normalized spacial score (nSPS) is 11.3. The van der Waals surface area contributed by atoms with E-state index in [1.165, 1.54) is 6.07 Å². The number of carbonyl (C=O) groups excluding carboxylic acids is 1. The van der Waals surface area contributed by atoms with Gasteiger partial charge in [-0.25, -0.2) is 0 Å². The van der Waals surface area contributed by atoms with Crippen LogP contribution in [-0.2, 0) is 9.53 Å². The lowest BCUT2D eigenvalue weighted by Crippen LogP contribution is -2.18. The van der Waals surface area contributed by atoms with Gasteiger partial charge in [0.05, 0.1) is 15.9 Å². The van der Waals surface area contributed by atoms with Crippen molar-refractivity contribution in [2.45, 2.75) is 33.1 Å². The quantitative estimate of drug-likeness (QED) is 0.131. The number of hydrogen-bond donors (Lipinski definition) is 1. The maximum atomic E-state index is 12.4. The summed E-state index contributed by atoms with van der Waals surface area (Å²) in [4.78, 5) is 33.5. The largest absolute Gasteiger partial charge is 0.459 e. The standard InChI is InChI=1S/C27H28N4O6/c1-3-19(4-2)16-27(32)37-18-25(22-12-10-21(11-13-22)20-8-6-5-7-9-20)29-28-24-15-14-23(30(33)34)17-26(24)31(35)36/h5-15,17,19,28H,3-4,16,18H2,1-2H3. The highest BCUT2D eigenvalue weighted by molar-refractivity contribution is 6.03. The summed E-state index contributed by atoms with van der Waals surface area (Å²) in [6.07, 6.45) is 2.01. The average molecular weight is 505 g/mol. The Labute approximate surface area is 214 Å². The fourth-order valence-corrected chi connectivity index (χ4v) is 3.69. The number of carbonyl (C=O) groups is 1. The van der Waals surface area contributed by atoms with Crippen LogP contribution < -0.4 is 5.43 Å². The molecule has 0 amide bonds. The number of esters is 1. The zero-order chi connectivity index (χ0) is 26.8. The van der Waals surface area contributed by atoms with Crippen LogP contribution in [0.1, 0.15) is 38.7 Å². The van der Waals surface area contributed by atoms with Crippen LogP contribution in [0.25, 0.3) is 11.1 Å². The van der Waals surface area contributed by atoms with Gasteiger partial charge >= 0.3 is 11.7 Å². The Balaban J connectivity index is 1.89. The van der Waals surface area contributed by atoms with Crippen molar-refractivity contribution in [3.05, 3.63) is 98.6 Å². The first-order valence-electron chi connectivity index (χ1n) is 11.9. The van der Waals surface area contributed by atoms with Crippen molar-refractivity contribution in [1.82, 2.24) is 0 Å². The van der Waals surface area contributed by atoms with E-state index < -0.39 is 21.2 Å². The molecule has 0 aliphatic heterocycles. The summed E-state index contributed by atoms with van der Waals surface area (Å²) in [7, 11) is 0. The van der Waals surface area contributed by atoms with Gasteiger partial charge in [0.2, 0.25) is 0 Å². The van der Waals surface area contributed by atoms with Crippen molar-refractivity contribution >= 4 is 28.7 Å². The number of anilines is 1. The lowest BCUT2D eigenvalue weighted by molar-refractivity contribution is -0.393. The lowest BCUT2D eigenvalue weighted by atomic mass is 10.00. The van der Waals surface area contributed by atoms with Gasteiger partial charge in [-0.15, -0.1) is 0 Å². The van der Waals surface area contributed by atoms with Crippen molar-refractivity contribution in [1.29, 1.82) is 0 Å².